The zero-order valence-corrected chi connectivity index (χ0v) is 10.5. The van der Waals surface area contributed by atoms with Gasteiger partial charge >= 0.3 is 0 Å². The van der Waals surface area contributed by atoms with E-state index in [0.29, 0.717) is 0 Å². The normalized spacial score (nSPS) is 10.5. The molecule has 0 aromatic carbocycles. The van der Waals surface area contributed by atoms with Crippen molar-refractivity contribution in [2.75, 3.05) is 18.5 Å². The van der Waals surface area contributed by atoms with E-state index in [9.17, 15) is 0 Å². The molecule has 96 valence electrons. The van der Waals surface area contributed by atoms with Crippen molar-refractivity contribution < 1.29 is 4.74 Å². The molecule has 2 aromatic heterocycles. The Kier molecular flexibility index (Phi) is 4.72. The molecule has 18 heavy (non-hydrogen) atoms. The van der Waals surface area contributed by atoms with Crippen LogP contribution in [0.3, 0.4) is 0 Å². The Hall–Kier alpha value is -1.88. The topological polar surface area (TPSA) is 52.0 Å². The number of nitrogens with zero attached hydrogens (tertiary/aromatic N) is 3. The summed E-state index contributed by atoms with van der Waals surface area (Å²) >= 11 is 0. The van der Waals surface area contributed by atoms with Crippen LogP contribution in [0.15, 0.2) is 36.9 Å². The van der Waals surface area contributed by atoms with Gasteiger partial charge in [-0.05, 0) is 25.5 Å². The van der Waals surface area contributed by atoms with E-state index < -0.39 is 0 Å². The van der Waals surface area contributed by atoms with Crippen LogP contribution < -0.4 is 5.32 Å². The molecule has 1 N–H and O–H groups in total. The predicted octanol–water partition coefficient (Wildman–Crippen LogP) is 2.45. The van der Waals surface area contributed by atoms with Gasteiger partial charge in [0, 0.05) is 38.3 Å². The lowest BCUT2D eigenvalue weighted by Gasteiger charge is -2.09. The number of ether oxygens (including phenoxy) is 1. The number of anilines is 2. The fourth-order valence-electron chi connectivity index (χ4n) is 1.66. The van der Waals surface area contributed by atoms with Crippen LogP contribution in [0.5, 0.6) is 0 Å². The molecule has 2 heterocycles. The van der Waals surface area contributed by atoms with Crippen LogP contribution in [0.1, 0.15) is 13.3 Å². The third kappa shape index (κ3) is 3.56. The van der Waals surface area contributed by atoms with Gasteiger partial charge in [0.25, 0.3) is 0 Å². The summed E-state index contributed by atoms with van der Waals surface area (Å²) in [6.07, 6.45) is 8.26. The first-order valence-electron chi connectivity index (χ1n) is 6.16. The summed E-state index contributed by atoms with van der Waals surface area (Å²) in [5.41, 5.74) is 0.940. The van der Waals surface area contributed by atoms with Crippen LogP contribution in [-0.4, -0.2) is 27.7 Å². The molecule has 0 aliphatic heterocycles. The summed E-state index contributed by atoms with van der Waals surface area (Å²) in [6.45, 7) is 4.45. The van der Waals surface area contributed by atoms with Crippen molar-refractivity contribution in [1.82, 2.24) is 14.5 Å². The minimum Gasteiger partial charge on any atom is -0.382 e. The van der Waals surface area contributed by atoms with Gasteiger partial charge in [-0.2, -0.15) is 0 Å². The molecule has 5 heteroatoms. The molecule has 0 amide bonds. The first-order valence-corrected chi connectivity index (χ1v) is 6.16. The summed E-state index contributed by atoms with van der Waals surface area (Å²) in [7, 11) is 0. The second kappa shape index (κ2) is 6.76. The summed E-state index contributed by atoms with van der Waals surface area (Å²) < 4.78 is 7.40. The average Bonchev–Trinajstić information content (AvgIpc) is 2.83. The lowest BCUT2D eigenvalue weighted by Crippen LogP contribution is -2.06. The maximum absolute atomic E-state index is 5.33. The lowest BCUT2D eigenvalue weighted by atomic mass is 10.4. The largest absolute Gasteiger partial charge is 0.382 e. The minimum absolute atomic E-state index is 0.769. The van der Waals surface area contributed by atoms with E-state index in [4.69, 9.17) is 4.74 Å². The molecular weight excluding hydrogens is 228 g/mol. The zero-order valence-electron chi connectivity index (χ0n) is 10.5. The van der Waals surface area contributed by atoms with E-state index in [0.717, 1.165) is 37.8 Å². The van der Waals surface area contributed by atoms with Gasteiger partial charge in [-0.25, -0.2) is 4.98 Å². The highest BCUT2D eigenvalue weighted by Crippen LogP contribution is 2.13. The molecule has 2 aromatic rings. The number of pyridine rings is 1. The molecule has 0 atom stereocenters. The molecule has 5 nitrogen and oxygen atoms in total. The number of hydrogen-bond donors (Lipinski definition) is 1. The van der Waals surface area contributed by atoms with Crippen LogP contribution in [0.4, 0.5) is 11.6 Å². The summed E-state index contributed by atoms with van der Waals surface area (Å²) in [4.78, 5) is 8.36. The second-order valence-electron chi connectivity index (χ2n) is 3.86. The second-order valence-corrected chi connectivity index (χ2v) is 3.86. The van der Waals surface area contributed by atoms with Gasteiger partial charge in [-0.3, -0.25) is 4.98 Å². The summed E-state index contributed by atoms with van der Waals surface area (Å²) in [6, 6.07) is 3.86. The lowest BCUT2D eigenvalue weighted by molar-refractivity contribution is 0.142. The van der Waals surface area contributed by atoms with Gasteiger partial charge in [0.2, 0.25) is 5.95 Å². The number of imidazole rings is 1. The highest BCUT2D eigenvalue weighted by Gasteiger charge is 2.02. The molecule has 0 spiro atoms. The highest BCUT2D eigenvalue weighted by molar-refractivity contribution is 5.51. The fraction of sp³-hybridized carbons (Fsp3) is 0.385. The van der Waals surface area contributed by atoms with Gasteiger partial charge < -0.3 is 14.6 Å². The summed E-state index contributed by atoms with van der Waals surface area (Å²) in [5, 5.41) is 3.24. The third-order valence-electron chi connectivity index (χ3n) is 2.52. The van der Waals surface area contributed by atoms with E-state index in [-0.39, 0.29) is 0 Å². The maximum Gasteiger partial charge on any atom is 0.207 e. The van der Waals surface area contributed by atoms with Gasteiger partial charge in [0.1, 0.15) is 0 Å². The molecule has 0 saturated heterocycles. The monoisotopic (exact) mass is 246 g/mol. The Balaban J connectivity index is 1.91. The number of hydrogen-bond acceptors (Lipinski definition) is 4. The predicted molar refractivity (Wildman–Crippen MR) is 70.9 cm³/mol. The Morgan fingerprint density at radius 1 is 1.39 bits per heavy atom. The zero-order chi connectivity index (χ0) is 12.6. The van der Waals surface area contributed by atoms with Crippen molar-refractivity contribution in [3.8, 4) is 0 Å². The Morgan fingerprint density at radius 2 is 2.33 bits per heavy atom. The van der Waals surface area contributed by atoms with E-state index in [1.54, 1.807) is 18.6 Å². The van der Waals surface area contributed by atoms with Crippen molar-refractivity contribution >= 4 is 11.6 Å². The fourth-order valence-corrected chi connectivity index (χ4v) is 1.66. The molecule has 0 bridgehead atoms. The number of rotatable bonds is 7. The Bertz CT molecular complexity index is 455. The summed E-state index contributed by atoms with van der Waals surface area (Å²) in [5.74, 6) is 0.833. The quantitative estimate of drug-likeness (QED) is 0.762. The number of aryl methyl sites for hydroxylation is 1. The highest BCUT2D eigenvalue weighted by atomic mass is 16.5. The van der Waals surface area contributed by atoms with Gasteiger partial charge in [-0.1, -0.05) is 0 Å². The standard InChI is InChI=1S/C13H18N4O/c1-2-18-10-4-8-17-9-7-15-13(17)16-12-5-3-6-14-11-12/h3,5-7,9,11H,2,4,8,10H2,1H3,(H,15,16). The third-order valence-corrected chi connectivity index (χ3v) is 2.52. The molecule has 0 saturated carbocycles. The first-order chi connectivity index (χ1) is 8.90. The van der Waals surface area contributed by atoms with E-state index in [1.165, 1.54) is 0 Å². The van der Waals surface area contributed by atoms with Crippen LogP contribution in [-0.2, 0) is 11.3 Å². The molecule has 0 fully saturated rings. The average molecular weight is 246 g/mol. The van der Waals surface area contributed by atoms with Gasteiger partial charge in [0.15, 0.2) is 0 Å². The van der Waals surface area contributed by atoms with Crippen molar-refractivity contribution in [3.63, 3.8) is 0 Å². The Labute approximate surface area is 107 Å². The maximum atomic E-state index is 5.33. The molecule has 0 radical (unpaired) electrons. The van der Waals surface area contributed by atoms with Gasteiger partial charge in [0.05, 0.1) is 11.9 Å². The van der Waals surface area contributed by atoms with Crippen molar-refractivity contribution in [3.05, 3.63) is 36.9 Å². The van der Waals surface area contributed by atoms with Crippen molar-refractivity contribution in [2.24, 2.45) is 0 Å². The van der Waals surface area contributed by atoms with Crippen LogP contribution in [0.2, 0.25) is 0 Å². The smallest absolute Gasteiger partial charge is 0.207 e. The SMILES string of the molecule is CCOCCCn1ccnc1Nc1cccnc1. The number of nitrogens with one attached hydrogen (secondary N) is 1. The van der Waals surface area contributed by atoms with E-state index in [1.807, 2.05) is 25.3 Å². The number of aromatic nitrogens is 3. The molecule has 0 unspecified atom stereocenters. The molecular formula is C13H18N4O. The molecule has 0 aliphatic carbocycles. The van der Waals surface area contributed by atoms with Crippen LogP contribution in [0.25, 0.3) is 0 Å². The van der Waals surface area contributed by atoms with Crippen LogP contribution in [0, 0.1) is 0 Å². The Morgan fingerprint density at radius 3 is 3.11 bits per heavy atom. The van der Waals surface area contributed by atoms with Crippen molar-refractivity contribution in [2.45, 2.75) is 19.9 Å². The molecule has 2 rings (SSSR count). The van der Waals surface area contributed by atoms with Crippen molar-refractivity contribution in [1.29, 1.82) is 0 Å². The van der Waals surface area contributed by atoms with Gasteiger partial charge in [-0.15, -0.1) is 0 Å². The van der Waals surface area contributed by atoms with E-state index >= 15 is 0 Å². The first kappa shape index (κ1) is 12.6. The molecule has 0 aliphatic rings. The van der Waals surface area contributed by atoms with Crippen LogP contribution >= 0.6 is 0 Å². The minimum atomic E-state index is 0.769. The van der Waals surface area contributed by atoms with E-state index in [2.05, 4.69) is 19.9 Å².